The second kappa shape index (κ2) is 14.2. The summed E-state index contributed by atoms with van der Waals surface area (Å²) in [5, 5.41) is 1.07. The summed E-state index contributed by atoms with van der Waals surface area (Å²) in [6.07, 6.45) is 1.76. The Morgan fingerprint density at radius 1 is 0.727 bits per heavy atom. The first-order valence-electron chi connectivity index (χ1n) is 14.8. The summed E-state index contributed by atoms with van der Waals surface area (Å²) in [4.78, 5) is 14.2. The fourth-order valence-electron chi connectivity index (χ4n) is 5.73. The van der Waals surface area contributed by atoms with E-state index in [1.165, 1.54) is 0 Å². The van der Waals surface area contributed by atoms with Gasteiger partial charge in [0, 0.05) is 78.8 Å². The molecule has 0 bridgehead atoms. The first kappa shape index (κ1) is 30.8. The zero-order valence-corrected chi connectivity index (χ0v) is 26.5. The van der Waals surface area contributed by atoms with E-state index in [1.807, 2.05) is 42.5 Å². The van der Waals surface area contributed by atoms with Gasteiger partial charge in [0.15, 0.2) is 0 Å². The lowest BCUT2D eigenvalue weighted by Gasteiger charge is -2.27. The summed E-state index contributed by atoms with van der Waals surface area (Å²) in [6, 6.07) is 18.0. The SMILES string of the molecule is COc1cc(-c2nccc(-c3cccc(-c4ccc(CN5CCOCC5)c(OC)n4)c3Cl)c2Cl)ccc1CN1CCOCC1. The van der Waals surface area contributed by atoms with Crippen LogP contribution in [0.25, 0.3) is 33.6 Å². The summed E-state index contributed by atoms with van der Waals surface area (Å²) in [7, 11) is 3.34. The van der Waals surface area contributed by atoms with E-state index in [0.29, 0.717) is 21.6 Å². The molecule has 4 heterocycles. The van der Waals surface area contributed by atoms with Crippen LogP contribution in [-0.2, 0) is 22.6 Å². The number of rotatable bonds is 9. The van der Waals surface area contributed by atoms with Crippen molar-refractivity contribution in [1.29, 1.82) is 0 Å². The first-order chi connectivity index (χ1) is 21.6. The average Bonchev–Trinajstić information content (AvgIpc) is 3.06. The van der Waals surface area contributed by atoms with Crippen LogP contribution in [0.3, 0.4) is 0 Å². The molecule has 230 valence electrons. The van der Waals surface area contributed by atoms with Gasteiger partial charge in [-0.1, -0.05) is 59.6 Å². The van der Waals surface area contributed by atoms with Gasteiger partial charge in [0.1, 0.15) is 5.75 Å². The molecule has 6 rings (SSSR count). The third kappa shape index (κ3) is 6.71. The van der Waals surface area contributed by atoms with Crippen molar-refractivity contribution in [3.05, 3.63) is 82.0 Å². The van der Waals surface area contributed by atoms with Gasteiger partial charge in [-0.3, -0.25) is 14.8 Å². The van der Waals surface area contributed by atoms with Crippen molar-refractivity contribution in [2.45, 2.75) is 13.1 Å². The number of methoxy groups -OCH3 is 2. The summed E-state index contributed by atoms with van der Waals surface area (Å²) in [6.45, 7) is 8.11. The van der Waals surface area contributed by atoms with Crippen molar-refractivity contribution in [3.8, 4) is 45.3 Å². The second-order valence-corrected chi connectivity index (χ2v) is 11.6. The maximum Gasteiger partial charge on any atom is 0.218 e. The summed E-state index contributed by atoms with van der Waals surface area (Å²) < 4.78 is 22.5. The Kier molecular flexibility index (Phi) is 9.96. The lowest BCUT2D eigenvalue weighted by Crippen LogP contribution is -2.35. The molecule has 0 N–H and O–H groups in total. The zero-order chi connectivity index (χ0) is 30.5. The van der Waals surface area contributed by atoms with Gasteiger partial charge in [0.25, 0.3) is 0 Å². The molecule has 2 aromatic heterocycles. The van der Waals surface area contributed by atoms with Crippen LogP contribution >= 0.6 is 23.2 Å². The van der Waals surface area contributed by atoms with Gasteiger partial charge in [-0.25, -0.2) is 4.98 Å². The molecule has 4 aromatic rings. The van der Waals surface area contributed by atoms with Gasteiger partial charge in [-0.15, -0.1) is 0 Å². The van der Waals surface area contributed by atoms with Gasteiger partial charge >= 0.3 is 0 Å². The van der Waals surface area contributed by atoms with Crippen LogP contribution in [0.4, 0.5) is 0 Å². The molecule has 2 fully saturated rings. The normalized spacial score (nSPS) is 16.2. The molecule has 2 aliphatic rings. The van der Waals surface area contributed by atoms with E-state index in [2.05, 4.69) is 26.9 Å². The predicted octanol–water partition coefficient (Wildman–Crippen LogP) is 6.47. The highest BCUT2D eigenvalue weighted by atomic mass is 35.5. The fourth-order valence-corrected chi connectivity index (χ4v) is 6.38. The van der Waals surface area contributed by atoms with Gasteiger partial charge in [-0.05, 0) is 18.2 Å². The number of hydrogen-bond donors (Lipinski definition) is 0. The largest absolute Gasteiger partial charge is 0.496 e. The Labute approximate surface area is 268 Å². The van der Waals surface area contributed by atoms with E-state index in [9.17, 15) is 0 Å². The van der Waals surface area contributed by atoms with Crippen LogP contribution in [0.5, 0.6) is 11.6 Å². The number of hydrogen-bond acceptors (Lipinski definition) is 8. The minimum absolute atomic E-state index is 0.515. The predicted molar refractivity (Wildman–Crippen MR) is 174 cm³/mol. The van der Waals surface area contributed by atoms with E-state index >= 15 is 0 Å². The van der Waals surface area contributed by atoms with E-state index < -0.39 is 0 Å². The lowest BCUT2D eigenvalue weighted by atomic mass is 9.99. The van der Waals surface area contributed by atoms with Crippen molar-refractivity contribution in [3.63, 3.8) is 0 Å². The van der Waals surface area contributed by atoms with Crippen LogP contribution in [0.1, 0.15) is 11.1 Å². The van der Waals surface area contributed by atoms with E-state index in [-0.39, 0.29) is 0 Å². The molecular formula is C34H36Cl2N4O4. The smallest absolute Gasteiger partial charge is 0.218 e. The Balaban J connectivity index is 1.29. The Bertz CT molecular complexity index is 1490. The topological polar surface area (TPSA) is 69.2 Å². The van der Waals surface area contributed by atoms with Gasteiger partial charge in [-0.2, -0.15) is 0 Å². The molecule has 0 amide bonds. The van der Waals surface area contributed by atoms with Crippen LogP contribution < -0.4 is 9.47 Å². The molecule has 44 heavy (non-hydrogen) atoms. The summed E-state index contributed by atoms with van der Waals surface area (Å²) >= 11 is 14.2. The van der Waals surface area contributed by atoms with E-state index in [1.54, 1.807) is 20.4 Å². The maximum atomic E-state index is 7.08. The highest BCUT2D eigenvalue weighted by molar-refractivity contribution is 6.39. The standard InChI is InChI=1S/C34H36Cl2N4O4/c1-41-30-20-23(6-7-24(30)21-39-12-16-43-17-13-39)33-32(36)27(10-11-37-33)26-4-3-5-28(31(26)35)29-9-8-25(34(38-29)42-2)22-40-14-18-44-19-15-40/h3-11,20H,12-19,21-22H2,1-2H3. The van der Waals surface area contributed by atoms with E-state index in [0.717, 1.165) is 111 Å². The van der Waals surface area contributed by atoms with Crippen LogP contribution in [0.15, 0.2) is 60.8 Å². The molecule has 0 radical (unpaired) electrons. The average molecular weight is 636 g/mol. The van der Waals surface area contributed by atoms with Gasteiger partial charge < -0.3 is 18.9 Å². The molecule has 0 spiro atoms. The number of morpholine rings is 2. The molecule has 2 saturated heterocycles. The van der Waals surface area contributed by atoms with Crippen molar-refractivity contribution in [1.82, 2.24) is 19.8 Å². The minimum Gasteiger partial charge on any atom is -0.496 e. The van der Waals surface area contributed by atoms with Gasteiger partial charge in [0.2, 0.25) is 5.88 Å². The monoisotopic (exact) mass is 634 g/mol. The van der Waals surface area contributed by atoms with Crippen molar-refractivity contribution < 1.29 is 18.9 Å². The number of nitrogens with zero attached hydrogens (tertiary/aromatic N) is 4. The first-order valence-corrected chi connectivity index (χ1v) is 15.6. The quantitative estimate of drug-likeness (QED) is 0.208. The Morgan fingerprint density at radius 3 is 2.05 bits per heavy atom. The maximum absolute atomic E-state index is 7.08. The van der Waals surface area contributed by atoms with Gasteiger partial charge in [0.05, 0.1) is 62.1 Å². The van der Waals surface area contributed by atoms with Crippen LogP contribution in [0, 0.1) is 0 Å². The Morgan fingerprint density at radius 2 is 1.36 bits per heavy atom. The third-order valence-corrected chi connectivity index (χ3v) is 8.93. The molecule has 0 atom stereocenters. The number of halogens is 2. The highest BCUT2D eigenvalue weighted by Gasteiger charge is 2.20. The molecule has 2 aromatic carbocycles. The molecule has 8 nitrogen and oxygen atoms in total. The number of pyridine rings is 2. The molecule has 0 unspecified atom stereocenters. The summed E-state index contributed by atoms with van der Waals surface area (Å²) in [5.74, 6) is 1.39. The number of aromatic nitrogens is 2. The molecule has 2 aliphatic heterocycles. The van der Waals surface area contributed by atoms with Crippen molar-refractivity contribution in [2.24, 2.45) is 0 Å². The van der Waals surface area contributed by atoms with Crippen molar-refractivity contribution >= 4 is 23.2 Å². The lowest BCUT2D eigenvalue weighted by molar-refractivity contribution is 0.0338. The fraction of sp³-hybridized carbons (Fsp3) is 0.353. The number of ether oxygens (including phenoxy) is 4. The van der Waals surface area contributed by atoms with Crippen molar-refractivity contribution in [2.75, 3.05) is 66.8 Å². The molecule has 0 saturated carbocycles. The molecule has 0 aliphatic carbocycles. The zero-order valence-electron chi connectivity index (χ0n) is 25.0. The number of benzene rings is 2. The van der Waals surface area contributed by atoms with E-state index in [4.69, 9.17) is 47.1 Å². The third-order valence-electron chi connectivity index (χ3n) is 8.14. The second-order valence-electron chi connectivity index (χ2n) is 10.9. The molecule has 10 heteroatoms. The van der Waals surface area contributed by atoms with Crippen LogP contribution in [0.2, 0.25) is 10.0 Å². The highest BCUT2D eigenvalue weighted by Crippen LogP contribution is 2.42. The Hall–Kier alpha value is -3.24. The van der Waals surface area contributed by atoms with Crippen LogP contribution in [-0.4, -0.2) is 86.6 Å². The summed E-state index contributed by atoms with van der Waals surface area (Å²) in [5.41, 5.74) is 6.78. The minimum atomic E-state index is 0.515. The molecular weight excluding hydrogens is 599 g/mol.